The average Bonchev–Trinajstić information content (AvgIpc) is 3.83. The lowest BCUT2D eigenvalue weighted by Crippen LogP contribution is -2.58. The number of nitrogens with zero attached hydrogens (tertiary/aromatic N) is 7. The van der Waals surface area contributed by atoms with Gasteiger partial charge in [0.15, 0.2) is 6.10 Å². The monoisotopic (exact) mass is 677 g/mol. The maximum atomic E-state index is 13.7. The van der Waals surface area contributed by atoms with Crippen molar-refractivity contribution >= 4 is 39.8 Å². The fourth-order valence-electron chi connectivity index (χ4n) is 7.78. The number of likely N-dealkylation sites (N-methyl/N-ethyl adjacent to an activating group) is 1. The van der Waals surface area contributed by atoms with E-state index in [4.69, 9.17) is 37.6 Å². The Kier molecular flexibility index (Phi) is 8.74. The topological polar surface area (TPSA) is 81.9 Å². The van der Waals surface area contributed by atoms with Crippen LogP contribution in [0.4, 0.5) is 11.5 Å². The highest BCUT2D eigenvalue weighted by Gasteiger charge is 2.50. The molecule has 1 aromatic heterocycles. The molecular weight excluding hydrogens is 638 g/mol. The first-order chi connectivity index (χ1) is 24.0. The van der Waals surface area contributed by atoms with Crippen molar-refractivity contribution in [3.63, 3.8) is 0 Å². The minimum absolute atomic E-state index is 0.0408. The quantitative estimate of drug-likeness (QED) is 0.181. The largest absolute Gasteiger partial charge is 0.462 e. The Morgan fingerprint density at radius 1 is 1.00 bits per heavy atom. The van der Waals surface area contributed by atoms with Gasteiger partial charge in [-0.15, -0.1) is 0 Å². The number of epoxide rings is 1. The summed E-state index contributed by atoms with van der Waals surface area (Å²) in [5, 5.41) is 2.88. The lowest BCUT2D eigenvalue weighted by atomic mass is 10.0. The molecule has 0 saturated carbocycles. The van der Waals surface area contributed by atoms with Crippen LogP contribution in [-0.4, -0.2) is 96.8 Å². The number of amides is 1. The third-order valence-corrected chi connectivity index (χ3v) is 10.8. The third-order valence-electron chi connectivity index (χ3n) is 10.5. The zero-order valence-electron chi connectivity index (χ0n) is 27.7. The van der Waals surface area contributed by atoms with Crippen LogP contribution in [0.25, 0.3) is 15.6 Å². The van der Waals surface area contributed by atoms with Gasteiger partial charge in [0.25, 0.3) is 5.91 Å². The number of rotatable bonds is 8. The molecule has 3 aromatic carbocycles. The summed E-state index contributed by atoms with van der Waals surface area (Å²) in [6.07, 6.45) is 2.27. The van der Waals surface area contributed by atoms with Crippen molar-refractivity contribution in [2.24, 2.45) is 0 Å². The predicted molar refractivity (Wildman–Crippen MR) is 190 cm³/mol. The van der Waals surface area contributed by atoms with Crippen LogP contribution >= 0.6 is 11.6 Å². The van der Waals surface area contributed by atoms with Crippen molar-refractivity contribution in [1.82, 2.24) is 19.8 Å². The molecule has 252 valence electrons. The van der Waals surface area contributed by atoms with E-state index in [1.54, 1.807) is 0 Å². The van der Waals surface area contributed by atoms with E-state index >= 15 is 0 Å². The zero-order valence-corrected chi connectivity index (χ0v) is 28.4. The Labute approximate surface area is 292 Å². The summed E-state index contributed by atoms with van der Waals surface area (Å²) in [7, 11) is 2.14. The van der Waals surface area contributed by atoms with Gasteiger partial charge in [0.1, 0.15) is 24.6 Å². The molecule has 0 unspecified atom stereocenters. The van der Waals surface area contributed by atoms with Gasteiger partial charge < -0.3 is 33.9 Å². The Bertz CT molecular complexity index is 1900. The van der Waals surface area contributed by atoms with Gasteiger partial charge in [0.2, 0.25) is 6.54 Å². The first-order valence-electron chi connectivity index (χ1n) is 17.2. The van der Waals surface area contributed by atoms with E-state index in [1.165, 1.54) is 0 Å². The van der Waals surface area contributed by atoms with Crippen LogP contribution in [-0.2, 0) is 22.5 Å². The summed E-state index contributed by atoms with van der Waals surface area (Å²) >= 11 is 6.74. The molecule has 0 aliphatic carbocycles. The van der Waals surface area contributed by atoms with Crippen LogP contribution in [0, 0.1) is 6.57 Å². The van der Waals surface area contributed by atoms with E-state index < -0.39 is 6.10 Å². The first kappa shape index (κ1) is 31.8. The second-order valence-corrected chi connectivity index (χ2v) is 13.9. The van der Waals surface area contributed by atoms with Crippen molar-refractivity contribution < 1.29 is 14.3 Å². The van der Waals surface area contributed by atoms with Gasteiger partial charge in [-0.3, -0.25) is 4.79 Å². The van der Waals surface area contributed by atoms with Gasteiger partial charge in [-0.25, -0.2) is 6.57 Å². The fraction of sp³-hybridized carbons (Fsp3) is 0.421. The molecule has 1 amide bonds. The standard InChI is InChI=1S/C38H40ClN7O3/c1-40-21-28-22-45(19-20-46(28)37(47)35-34(49-35)26-9-4-3-5-10-26)36-29-16-18-44(32-15-7-12-25-11-6-14-30(39)33(25)32)23-31(29)41-38(42-36)48-24-27-13-8-17-43(27)2/h3-7,9-12,14-15,27-28,34-35H,8,13,16-24H2,2H3/t27-,28-,34-,35-/m0/s1. The molecule has 0 spiro atoms. The number of fused-ring (bicyclic) bond motifs is 2. The lowest BCUT2D eigenvalue weighted by Gasteiger charge is -2.41. The number of carbonyl (C=O) groups is 1. The van der Waals surface area contributed by atoms with Crippen LogP contribution in [0.1, 0.15) is 35.8 Å². The summed E-state index contributed by atoms with van der Waals surface area (Å²) in [6.45, 7) is 12.5. The normalized spacial score (nSPS) is 23.7. The molecule has 10 nitrogen and oxygen atoms in total. The molecule has 4 aliphatic heterocycles. The molecule has 11 heteroatoms. The first-order valence-corrected chi connectivity index (χ1v) is 17.6. The summed E-state index contributed by atoms with van der Waals surface area (Å²) in [5.74, 6) is 0.809. The number of aromatic nitrogens is 2. The highest BCUT2D eigenvalue weighted by molar-refractivity contribution is 6.36. The molecule has 5 heterocycles. The van der Waals surface area contributed by atoms with Crippen LogP contribution in [0.3, 0.4) is 0 Å². The Morgan fingerprint density at radius 2 is 1.84 bits per heavy atom. The van der Waals surface area contributed by atoms with Gasteiger partial charge in [0.05, 0.1) is 17.3 Å². The van der Waals surface area contributed by atoms with Crippen LogP contribution in [0.15, 0.2) is 66.7 Å². The number of anilines is 2. The van der Waals surface area contributed by atoms with Crippen LogP contribution in [0.5, 0.6) is 6.01 Å². The van der Waals surface area contributed by atoms with Crippen LogP contribution < -0.4 is 14.5 Å². The SMILES string of the molecule is [C-]#[N+]C[C@H]1CN(c2nc(OC[C@@H]3CCCN3C)nc3c2CCN(c2cccc4cccc(Cl)c24)C3)CCN1C(=O)[C@H]1O[C@H]1c1ccccc1. The third kappa shape index (κ3) is 6.27. The van der Waals surface area contributed by atoms with Gasteiger partial charge in [-0.1, -0.05) is 66.2 Å². The maximum absolute atomic E-state index is 13.7. The van der Waals surface area contributed by atoms with Gasteiger partial charge in [0, 0.05) is 48.9 Å². The van der Waals surface area contributed by atoms with Gasteiger partial charge in [-0.2, -0.15) is 9.97 Å². The number of benzene rings is 3. The van der Waals surface area contributed by atoms with Gasteiger partial charge in [-0.05, 0) is 55.9 Å². The molecule has 3 saturated heterocycles. The second kappa shape index (κ2) is 13.5. The number of piperazine rings is 1. The van der Waals surface area contributed by atoms with Crippen molar-refractivity contribution in [3.05, 3.63) is 100.0 Å². The molecule has 8 rings (SSSR count). The second-order valence-electron chi connectivity index (χ2n) is 13.5. The summed E-state index contributed by atoms with van der Waals surface area (Å²) in [4.78, 5) is 36.3. The predicted octanol–water partition coefficient (Wildman–Crippen LogP) is 5.40. The molecular formula is C38H40ClN7O3. The Hall–Kier alpha value is -4.43. The summed E-state index contributed by atoms with van der Waals surface area (Å²) in [6, 6.07) is 22.6. The summed E-state index contributed by atoms with van der Waals surface area (Å²) < 4.78 is 12.2. The number of halogens is 1. The Balaban J connectivity index is 1.07. The van der Waals surface area contributed by atoms with Crippen molar-refractivity contribution in [2.45, 2.75) is 50.1 Å². The number of hydrogen-bond donors (Lipinski definition) is 0. The number of ether oxygens (including phenoxy) is 2. The summed E-state index contributed by atoms with van der Waals surface area (Å²) in [5.41, 5.74) is 4.13. The highest BCUT2D eigenvalue weighted by Crippen LogP contribution is 2.41. The van der Waals surface area contributed by atoms with Crippen molar-refractivity contribution in [3.8, 4) is 6.01 Å². The van der Waals surface area contributed by atoms with E-state index in [0.717, 1.165) is 76.5 Å². The molecule has 0 bridgehead atoms. The lowest BCUT2D eigenvalue weighted by molar-refractivity contribution is -0.135. The molecule has 0 radical (unpaired) electrons. The molecule has 49 heavy (non-hydrogen) atoms. The van der Waals surface area contributed by atoms with E-state index in [-0.39, 0.29) is 24.6 Å². The fourth-order valence-corrected chi connectivity index (χ4v) is 8.06. The number of carbonyl (C=O) groups excluding carboxylic acids is 1. The van der Waals surface area contributed by atoms with E-state index in [1.807, 2.05) is 47.4 Å². The molecule has 0 N–H and O–H groups in total. The van der Waals surface area contributed by atoms with Gasteiger partial charge >= 0.3 is 6.01 Å². The molecule has 4 atom stereocenters. The minimum Gasteiger partial charge on any atom is -0.462 e. The van der Waals surface area contributed by atoms with E-state index in [9.17, 15) is 4.79 Å². The Morgan fingerprint density at radius 3 is 2.63 bits per heavy atom. The van der Waals surface area contributed by atoms with Crippen molar-refractivity contribution in [1.29, 1.82) is 0 Å². The minimum atomic E-state index is -0.503. The zero-order chi connectivity index (χ0) is 33.5. The molecule has 4 aliphatic rings. The smallest absolute Gasteiger partial charge is 0.318 e. The van der Waals surface area contributed by atoms with E-state index in [0.29, 0.717) is 44.8 Å². The number of hydrogen-bond acceptors (Lipinski definition) is 8. The van der Waals surface area contributed by atoms with Crippen LogP contribution in [0.2, 0.25) is 5.02 Å². The average molecular weight is 678 g/mol. The maximum Gasteiger partial charge on any atom is 0.318 e. The molecule has 3 fully saturated rings. The van der Waals surface area contributed by atoms with Crippen molar-refractivity contribution in [2.75, 3.05) is 62.7 Å². The number of likely N-dealkylation sites (tertiary alicyclic amines) is 1. The molecule has 4 aromatic rings. The highest BCUT2D eigenvalue weighted by atomic mass is 35.5. The van der Waals surface area contributed by atoms with E-state index in [2.05, 4.69) is 50.9 Å².